The first-order chi connectivity index (χ1) is 15.6. The summed E-state index contributed by atoms with van der Waals surface area (Å²) in [6.45, 7) is 6.00. The Morgan fingerprint density at radius 1 is 1.03 bits per heavy atom. The van der Waals surface area contributed by atoms with Crippen LogP contribution in [0, 0.1) is 24.3 Å². The number of halogens is 3. The van der Waals surface area contributed by atoms with Gasteiger partial charge in [0.15, 0.2) is 5.11 Å². The molecular weight excluding hydrogens is 592 g/mol. The van der Waals surface area contributed by atoms with Gasteiger partial charge >= 0.3 is 0 Å². The largest absolute Gasteiger partial charge is 0.318 e. The first kappa shape index (κ1) is 23.9. The molecule has 2 heterocycles. The zero-order valence-corrected chi connectivity index (χ0v) is 22.4. The molecular formula is C24H18Cl2IN3O2S. The number of nitrogens with zero attached hydrogens (tertiary/aromatic N) is 2. The van der Waals surface area contributed by atoms with Crippen LogP contribution >= 0.6 is 58.0 Å². The molecule has 0 saturated carbocycles. The number of carbonyl (C=O) groups is 2. The van der Waals surface area contributed by atoms with Crippen LogP contribution < -0.4 is 10.2 Å². The molecule has 2 aromatic carbocycles. The molecule has 33 heavy (non-hydrogen) atoms. The van der Waals surface area contributed by atoms with Crippen LogP contribution in [-0.2, 0) is 9.59 Å². The van der Waals surface area contributed by atoms with Gasteiger partial charge in [0, 0.05) is 25.7 Å². The molecule has 3 aromatic rings. The molecule has 0 radical (unpaired) electrons. The molecule has 1 aromatic heterocycles. The molecule has 1 N–H and O–H groups in total. The third-order valence-corrected chi connectivity index (χ3v) is 7.45. The fraction of sp³-hybridized carbons (Fsp3) is 0.125. The second kappa shape index (κ2) is 9.21. The van der Waals surface area contributed by atoms with Crippen molar-refractivity contribution in [2.45, 2.75) is 20.8 Å². The van der Waals surface area contributed by atoms with E-state index in [0.29, 0.717) is 10.7 Å². The molecule has 5 nitrogen and oxygen atoms in total. The second-order valence-electron chi connectivity index (χ2n) is 7.65. The van der Waals surface area contributed by atoms with Crippen LogP contribution in [0.15, 0.2) is 48.0 Å². The zero-order valence-electron chi connectivity index (χ0n) is 17.9. The van der Waals surface area contributed by atoms with Crippen molar-refractivity contribution in [3.05, 3.63) is 84.2 Å². The average molecular weight is 610 g/mol. The predicted octanol–water partition coefficient (Wildman–Crippen LogP) is 6.15. The Balaban J connectivity index is 1.78. The van der Waals surface area contributed by atoms with Crippen LogP contribution in [0.2, 0.25) is 10.0 Å². The van der Waals surface area contributed by atoms with E-state index in [1.54, 1.807) is 18.2 Å². The van der Waals surface area contributed by atoms with E-state index in [4.69, 9.17) is 35.4 Å². The normalized spacial score (nSPS) is 15.4. The van der Waals surface area contributed by atoms with E-state index in [1.165, 1.54) is 20.1 Å². The molecule has 0 unspecified atom stereocenters. The molecule has 1 fully saturated rings. The molecule has 1 aliphatic rings. The SMILES string of the molecule is Cc1cc(-n2c(C)cc(C=C3C(=O)NC(=S)N(c4ccc(Cl)cc4Cl)C3=O)c2C)ccc1I. The monoisotopic (exact) mass is 609 g/mol. The number of thiocarbonyl (C=S) groups is 1. The Hall–Kier alpha value is -2.20. The van der Waals surface area contributed by atoms with E-state index in [-0.39, 0.29) is 15.7 Å². The maximum absolute atomic E-state index is 13.4. The number of rotatable bonds is 3. The highest BCUT2D eigenvalue weighted by molar-refractivity contribution is 14.1. The first-order valence-electron chi connectivity index (χ1n) is 9.90. The van der Waals surface area contributed by atoms with Crippen molar-refractivity contribution in [3.8, 4) is 5.69 Å². The van der Waals surface area contributed by atoms with Gasteiger partial charge < -0.3 is 4.57 Å². The lowest BCUT2D eigenvalue weighted by Crippen LogP contribution is -2.54. The summed E-state index contributed by atoms with van der Waals surface area (Å²) in [5.74, 6) is -1.11. The summed E-state index contributed by atoms with van der Waals surface area (Å²) in [7, 11) is 0. The fourth-order valence-corrected chi connectivity index (χ4v) is 4.90. The third kappa shape index (κ3) is 4.47. The van der Waals surface area contributed by atoms with Gasteiger partial charge in [0.2, 0.25) is 0 Å². The summed E-state index contributed by atoms with van der Waals surface area (Å²) in [4.78, 5) is 27.3. The fourth-order valence-electron chi connectivity index (χ4n) is 3.79. The number of aromatic nitrogens is 1. The van der Waals surface area contributed by atoms with Crippen LogP contribution in [-0.4, -0.2) is 21.5 Å². The maximum Gasteiger partial charge on any atom is 0.270 e. The van der Waals surface area contributed by atoms with Gasteiger partial charge in [-0.25, -0.2) is 0 Å². The van der Waals surface area contributed by atoms with Gasteiger partial charge in [-0.15, -0.1) is 0 Å². The van der Waals surface area contributed by atoms with Crippen molar-refractivity contribution in [1.82, 2.24) is 9.88 Å². The van der Waals surface area contributed by atoms with Gasteiger partial charge in [0.1, 0.15) is 5.57 Å². The number of amides is 2. The van der Waals surface area contributed by atoms with Crippen LogP contribution in [0.1, 0.15) is 22.5 Å². The van der Waals surface area contributed by atoms with Crippen molar-refractivity contribution in [3.63, 3.8) is 0 Å². The minimum Gasteiger partial charge on any atom is -0.318 e. The lowest BCUT2D eigenvalue weighted by Gasteiger charge is -2.29. The van der Waals surface area contributed by atoms with Crippen molar-refractivity contribution < 1.29 is 9.59 Å². The molecule has 2 amide bonds. The predicted molar refractivity (Wildman–Crippen MR) is 145 cm³/mol. The van der Waals surface area contributed by atoms with E-state index in [9.17, 15) is 9.59 Å². The van der Waals surface area contributed by atoms with Crippen molar-refractivity contribution in [1.29, 1.82) is 0 Å². The molecule has 1 aliphatic heterocycles. The quantitative estimate of drug-likeness (QED) is 0.168. The lowest BCUT2D eigenvalue weighted by molar-refractivity contribution is -0.122. The number of nitrogens with one attached hydrogen (secondary N) is 1. The molecule has 1 saturated heterocycles. The van der Waals surface area contributed by atoms with Gasteiger partial charge in [0.25, 0.3) is 11.8 Å². The number of anilines is 1. The molecule has 168 valence electrons. The molecule has 0 spiro atoms. The van der Waals surface area contributed by atoms with Crippen LogP contribution in [0.5, 0.6) is 0 Å². The Bertz CT molecular complexity index is 1380. The highest BCUT2D eigenvalue weighted by atomic mass is 127. The standard InChI is InChI=1S/C24H18Cl2IN3O2S/c1-12-8-17(5-6-20(12)27)29-13(2)9-15(14(29)3)10-18-22(31)28-24(33)30(23(18)32)21-7-4-16(25)11-19(21)26/h4-11H,1-3H3,(H,28,31,33). The van der Waals surface area contributed by atoms with Crippen LogP contribution in [0.25, 0.3) is 11.8 Å². The molecule has 9 heteroatoms. The zero-order chi connectivity index (χ0) is 24.0. The maximum atomic E-state index is 13.4. The van der Waals surface area contributed by atoms with Gasteiger partial charge in [0.05, 0.1) is 10.7 Å². The second-order valence-corrected chi connectivity index (χ2v) is 10.0. The van der Waals surface area contributed by atoms with Crippen molar-refractivity contribution >= 4 is 86.7 Å². The minimum absolute atomic E-state index is 0.0337. The van der Waals surface area contributed by atoms with E-state index >= 15 is 0 Å². The Labute approximate surface area is 220 Å². The first-order valence-corrected chi connectivity index (χ1v) is 12.1. The molecule has 0 aliphatic carbocycles. The summed E-state index contributed by atoms with van der Waals surface area (Å²) in [6, 6.07) is 12.9. The number of carbonyl (C=O) groups excluding carboxylic acids is 2. The number of hydrogen-bond acceptors (Lipinski definition) is 3. The van der Waals surface area contributed by atoms with Gasteiger partial charge in [-0.3, -0.25) is 19.8 Å². The topological polar surface area (TPSA) is 54.3 Å². The number of hydrogen-bond donors (Lipinski definition) is 1. The highest BCUT2D eigenvalue weighted by Gasteiger charge is 2.35. The van der Waals surface area contributed by atoms with Crippen molar-refractivity contribution in [2.24, 2.45) is 0 Å². The summed E-state index contributed by atoms with van der Waals surface area (Å²) in [5.41, 5.74) is 5.16. The molecule has 0 bridgehead atoms. The van der Waals surface area contributed by atoms with Gasteiger partial charge in [-0.1, -0.05) is 23.2 Å². The summed E-state index contributed by atoms with van der Waals surface area (Å²) >= 11 is 19.9. The Kier molecular flexibility index (Phi) is 6.68. The Morgan fingerprint density at radius 3 is 2.42 bits per heavy atom. The number of aryl methyl sites for hydroxylation is 2. The highest BCUT2D eigenvalue weighted by Crippen LogP contribution is 2.32. The van der Waals surface area contributed by atoms with Crippen molar-refractivity contribution in [2.75, 3.05) is 4.90 Å². The summed E-state index contributed by atoms with van der Waals surface area (Å²) < 4.78 is 3.28. The average Bonchev–Trinajstić information content (AvgIpc) is 3.02. The van der Waals surface area contributed by atoms with E-state index in [1.807, 2.05) is 26.0 Å². The van der Waals surface area contributed by atoms with E-state index in [0.717, 1.165) is 22.6 Å². The smallest absolute Gasteiger partial charge is 0.270 e. The van der Waals surface area contributed by atoms with E-state index < -0.39 is 11.8 Å². The Morgan fingerprint density at radius 2 is 1.76 bits per heavy atom. The van der Waals surface area contributed by atoms with Gasteiger partial charge in [-0.05, 0) is 115 Å². The number of benzene rings is 2. The lowest BCUT2D eigenvalue weighted by atomic mass is 10.1. The molecule has 0 atom stereocenters. The summed E-state index contributed by atoms with van der Waals surface area (Å²) in [6.07, 6.45) is 1.59. The summed E-state index contributed by atoms with van der Waals surface area (Å²) in [5, 5.41) is 3.23. The third-order valence-electron chi connectivity index (χ3n) is 5.42. The van der Waals surface area contributed by atoms with Gasteiger partial charge in [-0.2, -0.15) is 0 Å². The van der Waals surface area contributed by atoms with Crippen LogP contribution in [0.3, 0.4) is 0 Å². The van der Waals surface area contributed by atoms with E-state index in [2.05, 4.69) is 51.5 Å². The van der Waals surface area contributed by atoms with Crippen LogP contribution in [0.4, 0.5) is 5.69 Å². The minimum atomic E-state index is -0.554. The molecule has 4 rings (SSSR count).